The van der Waals surface area contributed by atoms with Crippen LogP contribution in [0.25, 0.3) is 55.4 Å². The first kappa shape index (κ1) is 27.5. The van der Waals surface area contributed by atoms with Crippen LogP contribution in [0.3, 0.4) is 0 Å². The highest BCUT2D eigenvalue weighted by Gasteiger charge is 2.23. The van der Waals surface area contributed by atoms with Crippen molar-refractivity contribution in [3.05, 3.63) is 156 Å². The van der Waals surface area contributed by atoms with Crippen molar-refractivity contribution >= 4 is 33.2 Å². The Morgan fingerprint density at radius 2 is 1.55 bits per heavy atom. The Hall–Kier alpha value is -4.68. The van der Waals surface area contributed by atoms with Crippen LogP contribution < -0.4 is 0 Å². The van der Waals surface area contributed by atoms with Crippen LogP contribution in [0.4, 0.5) is 0 Å². The third kappa shape index (κ3) is 5.10. The van der Waals surface area contributed by atoms with E-state index in [-0.39, 0.29) is 0 Å². The first-order valence-corrected chi connectivity index (χ1v) is 15.0. The van der Waals surface area contributed by atoms with Crippen molar-refractivity contribution in [3.8, 4) is 22.3 Å². The molecule has 0 N–H and O–H groups in total. The van der Waals surface area contributed by atoms with Gasteiger partial charge in [-0.1, -0.05) is 136 Å². The number of hydrogen-bond acceptors (Lipinski definition) is 0. The topological polar surface area (TPSA) is 0 Å². The van der Waals surface area contributed by atoms with Crippen molar-refractivity contribution in [2.45, 2.75) is 33.6 Å². The summed E-state index contributed by atoms with van der Waals surface area (Å²) in [5.74, 6) is 0.504. The summed E-state index contributed by atoms with van der Waals surface area (Å²) in [4.78, 5) is 0. The molecule has 0 fully saturated rings. The second kappa shape index (κ2) is 11.7. The van der Waals surface area contributed by atoms with E-state index in [2.05, 4.69) is 149 Å². The molecular formula is C42H38. The van der Waals surface area contributed by atoms with Gasteiger partial charge in [0.1, 0.15) is 0 Å². The number of hydrogen-bond donors (Lipinski definition) is 0. The number of allylic oxidation sites excluding steroid dienone is 7. The van der Waals surface area contributed by atoms with Crippen molar-refractivity contribution in [3.63, 3.8) is 0 Å². The lowest BCUT2D eigenvalue weighted by atomic mass is 9.78. The van der Waals surface area contributed by atoms with Gasteiger partial charge in [-0.05, 0) is 115 Å². The van der Waals surface area contributed by atoms with E-state index in [1.54, 1.807) is 0 Å². The second-order valence-corrected chi connectivity index (χ2v) is 11.5. The summed E-state index contributed by atoms with van der Waals surface area (Å²) < 4.78 is 0. The van der Waals surface area contributed by atoms with Crippen LogP contribution in [0.5, 0.6) is 0 Å². The molecule has 0 spiro atoms. The Balaban J connectivity index is 1.53. The zero-order chi connectivity index (χ0) is 29.2. The van der Waals surface area contributed by atoms with Gasteiger partial charge in [-0.3, -0.25) is 0 Å². The summed E-state index contributed by atoms with van der Waals surface area (Å²) >= 11 is 0. The van der Waals surface area contributed by atoms with Crippen LogP contribution in [-0.2, 0) is 6.42 Å². The third-order valence-corrected chi connectivity index (χ3v) is 8.53. The summed E-state index contributed by atoms with van der Waals surface area (Å²) in [6, 6.07) is 33.4. The molecule has 5 aromatic rings. The third-order valence-electron chi connectivity index (χ3n) is 8.53. The van der Waals surface area contributed by atoms with E-state index in [0.717, 1.165) is 24.0 Å². The van der Waals surface area contributed by atoms with Gasteiger partial charge in [0, 0.05) is 0 Å². The molecule has 0 amide bonds. The molecule has 1 aliphatic rings. The standard InChI is InChI=1S/C42H38/c1-6-13-31(7-2)29(4)25-30(5)34-21-19-32-20-22-35(27-36(32)26-34)42-38-17-12-11-16-37(38)41(33-14-9-8-10-15-33)40-24-28(3)18-23-39(40)42/h7-23,25-28H,2,5-6,24H2,1,3-4H3/b29-25+,31-13+. The molecular weight excluding hydrogens is 504 g/mol. The molecule has 1 unspecified atom stereocenters. The first-order valence-electron chi connectivity index (χ1n) is 15.0. The molecule has 0 heteroatoms. The molecule has 0 saturated carbocycles. The Morgan fingerprint density at radius 1 is 0.833 bits per heavy atom. The Bertz CT molecular complexity index is 1920. The van der Waals surface area contributed by atoms with Gasteiger partial charge >= 0.3 is 0 Å². The lowest BCUT2D eigenvalue weighted by Gasteiger charge is -2.26. The SMILES string of the molecule is C=CC(=C\CC)/C(C)=C/C(=C)c1ccc2ccc(-c3c4c(c(-c5ccccc5)c5ccccc35)CC(C)C=C4)cc2c1. The average Bonchev–Trinajstić information content (AvgIpc) is 3.02. The smallest absolute Gasteiger partial charge is 0.00295 e. The van der Waals surface area contributed by atoms with Crippen molar-refractivity contribution in [1.29, 1.82) is 0 Å². The highest BCUT2D eigenvalue weighted by molar-refractivity contribution is 6.10. The van der Waals surface area contributed by atoms with E-state index in [1.807, 2.05) is 6.08 Å². The lowest BCUT2D eigenvalue weighted by molar-refractivity contribution is 0.719. The minimum absolute atomic E-state index is 0.504. The predicted molar refractivity (Wildman–Crippen MR) is 186 cm³/mol. The largest absolute Gasteiger partial charge is 0.0985 e. The second-order valence-electron chi connectivity index (χ2n) is 11.5. The maximum absolute atomic E-state index is 4.43. The van der Waals surface area contributed by atoms with Crippen molar-refractivity contribution in [1.82, 2.24) is 0 Å². The monoisotopic (exact) mass is 542 g/mol. The van der Waals surface area contributed by atoms with E-state index >= 15 is 0 Å². The van der Waals surface area contributed by atoms with Gasteiger partial charge in [-0.15, -0.1) is 0 Å². The molecule has 42 heavy (non-hydrogen) atoms. The molecule has 0 nitrogen and oxygen atoms in total. The fraction of sp³-hybridized carbons (Fsp3) is 0.143. The summed E-state index contributed by atoms with van der Waals surface area (Å²) in [7, 11) is 0. The molecule has 0 aliphatic heterocycles. The summed E-state index contributed by atoms with van der Waals surface area (Å²) in [6.07, 6.45) is 13.1. The number of rotatable bonds is 7. The Kier molecular flexibility index (Phi) is 7.64. The first-order chi connectivity index (χ1) is 20.5. The zero-order valence-corrected chi connectivity index (χ0v) is 25.0. The molecule has 0 heterocycles. The molecule has 206 valence electrons. The Labute approximate surface area is 250 Å². The Morgan fingerprint density at radius 3 is 2.29 bits per heavy atom. The van der Waals surface area contributed by atoms with Crippen LogP contribution in [0.15, 0.2) is 140 Å². The fourth-order valence-electron chi connectivity index (χ4n) is 6.46. The summed E-state index contributed by atoms with van der Waals surface area (Å²) in [6.45, 7) is 15.0. The summed E-state index contributed by atoms with van der Waals surface area (Å²) in [5.41, 5.74) is 12.5. The molecule has 1 atom stereocenters. The molecule has 1 aliphatic carbocycles. The van der Waals surface area contributed by atoms with E-state index in [1.165, 1.54) is 66.1 Å². The normalized spacial score (nSPS) is 15.2. The molecule has 0 aromatic heterocycles. The quantitative estimate of drug-likeness (QED) is 0.179. The van der Waals surface area contributed by atoms with Crippen molar-refractivity contribution in [2.75, 3.05) is 0 Å². The van der Waals surface area contributed by atoms with Gasteiger partial charge in [0.25, 0.3) is 0 Å². The lowest BCUT2D eigenvalue weighted by Crippen LogP contribution is -2.08. The van der Waals surface area contributed by atoms with Gasteiger partial charge in [0.15, 0.2) is 0 Å². The minimum atomic E-state index is 0.504. The minimum Gasteiger partial charge on any atom is -0.0985 e. The van der Waals surface area contributed by atoms with Crippen LogP contribution in [0, 0.1) is 5.92 Å². The van der Waals surface area contributed by atoms with Crippen LogP contribution in [0.1, 0.15) is 43.9 Å². The van der Waals surface area contributed by atoms with E-state index in [4.69, 9.17) is 0 Å². The molecule has 5 aromatic carbocycles. The maximum Gasteiger partial charge on any atom is -0.00295 e. The van der Waals surface area contributed by atoms with Gasteiger partial charge in [0.2, 0.25) is 0 Å². The number of benzene rings is 5. The highest BCUT2D eigenvalue weighted by Crippen LogP contribution is 2.45. The predicted octanol–water partition coefficient (Wildman–Crippen LogP) is 12.0. The molecule has 0 bridgehead atoms. The molecule has 0 radical (unpaired) electrons. The van der Waals surface area contributed by atoms with Crippen LogP contribution >= 0.6 is 0 Å². The van der Waals surface area contributed by atoms with E-state index in [0.29, 0.717) is 5.92 Å². The van der Waals surface area contributed by atoms with E-state index < -0.39 is 0 Å². The van der Waals surface area contributed by atoms with Gasteiger partial charge < -0.3 is 0 Å². The fourth-order valence-corrected chi connectivity index (χ4v) is 6.46. The number of fused-ring (bicyclic) bond motifs is 3. The van der Waals surface area contributed by atoms with Crippen molar-refractivity contribution < 1.29 is 0 Å². The highest BCUT2D eigenvalue weighted by atomic mass is 14.3. The summed E-state index contributed by atoms with van der Waals surface area (Å²) in [5, 5.41) is 5.08. The molecule has 0 saturated heterocycles. The van der Waals surface area contributed by atoms with Gasteiger partial charge in [0.05, 0.1) is 0 Å². The molecule has 6 rings (SSSR count). The van der Waals surface area contributed by atoms with Crippen LogP contribution in [-0.4, -0.2) is 0 Å². The zero-order valence-electron chi connectivity index (χ0n) is 25.0. The average molecular weight is 543 g/mol. The maximum atomic E-state index is 4.43. The van der Waals surface area contributed by atoms with Crippen molar-refractivity contribution in [2.24, 2.45) is 5.92 Å². The van der Waals surface area contributed by atoms with Gasteiger partial charge in [-0.2, -0.15) is 0 Å². The van der Waals surface area contributed by atoms with E-state index in [9.17, 15) is 0 Å². The van der Waals surface area contributed by atoms with Crippen LogP contribution in [0.2, 0.25) is 0 Å². The van der Waals surface area contributed by atoms with Gasteiger partial charge in [-0.25, -0.2) is 0 Å².